The summed E-state index contributed by atoms with van der Waals surface area (Å²) >= 11 is 5.50. The van der Waals surface area contributed by atoms with Crippen LogP contribution in [0.4, 0.5) is 0 Å². The standard InChI is InChI=1S/C7H8ClNO4/c1-4(8)7(12)9-2-5(10)13-6(11)3-9/h4H,2-3H2,1H3. The molecule has 5 nitrogen and oxygen atoms in total. The van der Waals surface area contributed by atoms with E-state index in [1.54, 1.807) is 0 Å². The Morgan fingerprint density at radius 2 is 1.92 bits per heavy atom. The first-order valence-corrected chi connectivity index (χ1v) is 4.10. The fourth-order valence-corrected chi connectivity index (χ4v) is 1.10. The number of rotatable bonds is 1. The topological polar surface area (TPSA) is 63.7 Å². The molecule has 1 aliphatic heterocycles. The fraction of sp³-hybridized carbons (Fsp3) is 0.571. The largest absolute Gasteiger partial charge is 0.390 e. The number of hydrogen-bond acceptors (Lipinski definition) is 4. The van der Waals surface area contributed by atoms with E-state index >= 15 is 0 Å². The van der Waals surface area contributed by atoms with Crippen molar-refractivity contribution in [1.82, 2.24) is 4.90 Å². The number of amides is 1. The number of cyclic esters (lactones) is 2. The van der Waals surface area contributed by atoms with Gasteiger partial charge in [-0.2, -0.15) is 0 Å². The second kappa shape index (κ2) is 3.74. The van der Waals surface area contributed by atoms with Crippen LogP contribution in [0.25, 0.3) is 0 Å². The highest BCUT2D eigenvalue weighted by Crippen LogP contribution is 2.05. The molecule has 1 unspecified atom stereocenters. The number of esters is 2. The van der Waals surface area contributed by atoms with Crippen molar-refractivity contribution in [1.29, 1.82) is 0 Å². The zero-order valence-corrected chi connectivity index (χ0v) is 7.71. The van der Waals surface area contributed by atoms with Gasteiger partial charge in [-0.15, -0.1) is 11.6 Å². The molecule has 0 aromatic carbocycles. The maximum Gasteiger partial charge on any atom is 0.333 e. The Labute approximate surface area is 79.6 Å². The van der Waals surface area contributed by atoms with Crippen molar-refractivity contribution in [3.05, 3.63) is 0 Å². The highest BCUT2D eigenvalue weighted by molar-refractivity contribution is 6.30. The Balaban J connectivity index is 2.65. The molecule has 0 aliphatic carbocycles. The number of hydrogen-bond donors (Lipinski definition) is 0. The van der Waals surface area contributed by atoms with E-state index in [9.17, 15) is 14.4 Å². The molecule has 1 amide bonds. The summed E-state index contributed by atoms with van der Waals surface area (Å²) in [5.41, 5.74) is 0. The average Bonchev–Trinajstić information content (AvgIpc) is 2.01. The van der Waals surface area contributed by atoms with Gasteiger partial charge in [0.25, 0.3) is 0 Å². The third kappa shape index (κ3) is 2.42. The van der Waals surface area contributed by atoms with Crippen LogP contribution in [0.5, 0.6) is 0 Å². The lowest BCUT2D eigenvalue weighted by atomic mass is 10.3. The van der Waals surface area contributed by atoms with Gasteiger partial charge >= 0.3 is 11.9 Å². The summed E-state index contributed by atoms with van der Waals surface area (Å²) in [4.78, 5) is 33.8. The zero-order valence-electron chi connectivity index (χ0n) is 6.95. The lowest BCUT2D eigenvalue weighted by Gasteiger charge is -2.25. The Kier molecular flexibility index (Phi) is 2.87. The van der Waals surface area contributed by atoms with E-state index in [4.69, 9.17) is 11.6 Å². The molecule has 1 heterocycles. The van der Waals surface area contributed by atoms with Crippen molar-refractivity contribution >= 4 is 29.4 Å². The second-order valence-corrected chi connectivity index (χ2v) is 3.31. The van der Waals surface area contributed by atoms with E-state index in [-0.39, 0.29) is 13.1 Å². The molecule has 1 atom stereocenters. The molecule has 0 N–H and O–H groups in total. The van der Waals surface area contributed by atoms with Crippen LogP contribution in [-0.4, -0.2) is 41.2 Å². The summed E-state index contributed by atoms with van der Waals surface area (Å²) in [6.07, 6.45) is 0. The third-order valence-corrected chi connectivity index (χ3v) is 1.71. The van der Waals surface area contributed by atoms with E-state index < -0.39 is 23.2 Å². The van der Waals surface area contributed by atoms with Crippen LogP contribution in [0.3, 0.4) is 0 Å². The van der Waals surface area contributed by atoms with E-state index in [1.807, 2.05) is 0 Å². The average molecular weight is 206 g/mol. The van der Waals surface area contributed by atoms with Gasteiger partial charge in [-0.25, -0.2) is 9.59 Å². The summed E-state index contributed by atoms with van der Waals surface area (Å²) < 4.78 is 4.23. The van der Waals surface area contributed by atoms with Gasteiger partial charge in [0.2, 0.25) is 5.91 Å². The van der Waals surface area contributed by atoms with E-state index in [1.165, 1.54) is 6.92 Å². The fourth-order valence-electron chi connectivity index (χ4n) is 0.967. The molecular weight excluding hydrogens is 198 g/mol. The molecule has 1 aliphatic rings. The molecule has 72 valence electrons. The van der Waals surface area contributed by atoms with Gasteiger partial charge in [0.15, 0.2) is 0 Å². The molecule has 0 aromatic rings. The van der Waals surface area contributed by atoms with Crippen LogP contribution in [0.1, 0.15) is 6.92 Å². The highest BCUT2D eigenvalue weighted by atomic mass is 35.5. The van der Waals surface area contributed by atoms with Gasteiger partial charge < -0.3 is 9.64 Å². The Bertz CT molecular complexity index is 247. The minimum absolute atomic E-state index is 0.207. The minimum Gasteiger partial charge on any atom is -0.390 e. The smallest absolute Gasteiger partial charge is 0.333 e. The van der Waals surface area contributed by atoms with Gasteiger partial charge in [0.1, 0.15) is 18.5 Å². The van der Waals surface area contributed by atoms with Crippen molar-refractivity contribution in [2.75, 3.05) is 13.1 Å². The van der Waals surface area contributed by atoms with E-state index in [2.05, 4.69) is 4.74 Å². The molecule has 13 heavy (non-hydrogen) atoms. The number of alkyl halides is 1. The second-order valence-electron chi connectivity index (χ2n) is 2.66. The molecule has 1 rings (SSSR count). The van der Waals surface area contributed by atoms with Crippen LogP contribution in [0.2, 0.25) is 0 Å². The quantitative estimate of drug-likeness (QED) is 0.330. The lowest BCUT2D eigenvalue weighted by molar-refractivity contribution is -0.169. The van der Waals surface area contributed by atoms with Gasteiger partial charge in [-0.05, 0) is 6.92 Å². The van der Waals surface area contributed by atoms with Gasteiger partial charge in [0.05, 0.1) is 0 Å². The predicted molar refractivity (Wildman–Crippen MR) is 43.0 cm³/mol. The Morgan fingerprint density at radius 3 is 2.31 bits per heavy atom. The first-order valence-electron chi connectivity index (χ1n) is 3.67. The Morgan fingerprint density at radius 1 is 1.46 bits per heavy atom. The molecule has 1 fully saturated rings. The molecule has 0 aromatic heterocycles. The molecule has 0 radical (unpaired) electrons. The summed E-state index contributed by atoms with van der Waals surface area (Å²) in [6.45, 7) is 1.07. The molecule has 1 saturated heterocycles. The zero-order chi connectivity index (χ0) is 10.0. The maximum atomic E-state index is 11.2. The normalized spacial score (nSPS) is 19.7. The number of carbonyl (C=O) groups excluding carboxylic acids is 3. The van der Waals surface area contributed by atoms with E-state index in [0.717, 1.165) is 4.90 Å². The molecule has 6 heteroatoms. The van der Waals surface area contributed by atoms with Crippen molar-refractivity contribution < 1.29 is 19.1 Å². The maximum absolute atomic E-state index is 11.2. The third-order valence-electron chi connectivity index (χ3n) is 1.52. The van der Waals surface area contributed by atoms with Crippen LogP contribution in [0, 0.1) is 0 Å². The van der Waals surface area contributed by atoms with E-state index in [0.29, 0.717) is 0 Å². The van der Waals surface area contributed by atoms with Crippen molar-refractivity contribution in [3.8, 4) is 0 Å². The number of carbonyl (C=O) groups is 3. The van der Waals surface area contributed by atoms with Gasteiger partial charge in [-0.1, -0.05) is 0 Å². The van der Waals surface area contributed by atoms with Crippen molar-refractivity contribution in [2.45, 2.75) is 12.3 Å². The van der Waals surface area contributed by atoms with Crippen LogP contribution < -0.4 is 0 Å². The van der Waals surface area contributed by atoms with Crippen LogP contribution in [-0.2, 0) is 19.1 Å². The van der Waals surface area contributed by atoms with Gasteiger partial charge in [0, 0.05) is 0 Å². The number of ether oxygens (including phenoxy) is 1. The van der Waals surface area contributed by atoms with Crippen LogP contribution >= 0.6 is 11.6 Å². The number of halogens is 1. The summed E-state index contributed by atoms with van der Waals surface area (Å²) in [6, 6.07) is 0. The first-order chi connectivity index (χ1) is 6.00. The van der Waals surface area contributed by atoms with Gasteiger partial charge in [-0.3, -0.25) is 4.79 Å². The highest BCUT2D eigenvalue weighted by Gasteiger charge is 2.29. The summed E-state index contributed by atoms with van der Waals surface area (Å²) in [5.74, 6) is -1.88. The van der Waals surface area contributed by atoms with Crippen molar-refractivity contribution in [3.63, 3.8) is 0 Å². The SMILES string of the molecule is CC(Cl)C(=O)N1CC(=O)OC(=O)C1. The lowest BCUT2D eigenvalue weighted by Crippen LogP contribution is -2.48. The predicted octanol–water partition coefficient (Wildman–Crippen LogP) is -0.474. The monoisotopic (exact) mass is 205 g/mol. The molecular formula is C7H8ClNO4. The molecule has 0 spiro atoms. The van der Waals surface area contributed by atoms with Crippen molar-refractivity contribution in [2.24, 2.45) is 0 Å². The number of morpholine rings is 1. The summed E-state index contributed by atoms with van der Waals surface area (Å²) in [7, 11) is 0. The minimum atomic E-state index is -0.737. The first kappa shape index (κ1) is 9.98. The summed E-state index contributed by atoms with van der Waals surface area (Å²) in [5, 5.41) is -0.737. The molecule has 0 bridgehead atoms. The van der Waals surface area contributed by atoms with Crippen LogP contribution in [0.15, 0.2) is 0 Å². The number of nitrogens with zero attached hydrogens (tertiary/aromatic N) is 1. The Hall–Kier alpha value is -1.10. The molecule has 0 saturated carbocycles.